The first-order valence-corrected chi connectivity index (χ1v) is 4.41. The maximum atomic E-state index is 12.7. The molecule has 0 saturated carbocycles. The van der Waals surface area contributed by atoms with Crippen molar-refractivity contribution in [2.24, 2.45) is 0 Å². The number of benzene rings is 1. The SMILES string of the molecule is OCCC#Cc1ccc(F)cc1C(F)(F)F. The summed E-state index contributed by atoms with van der Waals surface area (Å²) in [7, 11) is 0. The maximum Gasteiger partial charge on any atom is 0.417 e. The number of halogens is 4. The highest BCUT2D eigenvalue weighted by molar-refractivity contribution is 5.43. The zero-order chi connectivity index (χ0) is 12.2. The summed E-state index contributed by atoms with van der Waals surface area (Å²) < 4.78 is 50.0. The van der Waals surface area contributed by atoms with E-state index in [1.54, 1.807) is 0 Å². The topological polar surface area (TPSA) is 20.2 Å². The highest BCUT2D eigenvalue weighted by Gasteiger charge is 2.33. The minimum atomic E-state index is -4.63. The molecule has 0 amide bonds. The van der Waals surface area contributed by atoms with Gasteiger partial charge in [0.2, 0.25) is 0 Å². The van der Waals surface area contributed by atoms with Gasteiger partial charge in [-0.1, -0.05) is 11.8 Å². The van der Waals surface area contributed by atoms with Crippen molar-refractivity contribution >= 4 is 0 Å². The molecule has 0 spiro atoms. The summed E-state index contributed by atoms with van der Waals surface area (Å²) in [6, 6.07) is 2.30. The van der Waals surface area contributed by atoms with Crippen molar-refractivity contribution in [1.82, 2.24) is 0 Å². The lowest BCUT2D eigenvalue weighted by Gasteiger charge is -2.08. The van der Waals surface area contributed by atoms with E-state index in [1.807, 2.05) is 0 Å². The predicted molar refractivity (Wildman–Crippen MR) is 50.0 cm³/mol. The molecule has 16 heavy (non-hydrogen) atoms. The number of alkyl halides is 3. The molecule has 0 aliphatic heterocycles. The Morgan fingerprint density at radius 1 is 1.25 bits per heavy atom. The Balaban J connectivity index is 3.15. The summed E-state index contributed by atoms with van der Waals surface area (Å²) in [6.45, 7) is -0.227. The molecule has 1 aromatic rings. The van der Waals surface area contributed by atoms with E-state index in [0.717, 1.165) is 12.1 Å². The van der Waals surface area contributed by atoms with Gasteiger partial charge in [0.1, 0.15) is 5.82 Å². The third kappa shape index (κ3) is 3.24. The van der Waals surface area contributed by atoms with E-state index in [1.165, 1.54) is 0 Å². The molecule has 0 unspecified atom stereocenters. The molecule has 1 aromatic carbocycles. The van der Waals surface area contributed by atoms with Crippen LogP contribution in [0, 0.1) is 17.7 Å². The molecule has 1 nitrogen and oxygen atoms in total. The van der Waals surface area contributed by atoms with Crippen molar-refractivity contribution < 1.29 is 22.7 Å². The van der Waals surface area contributed by atoms with Gasteiger partial charge >= 0.3 is 6.18 Å². The molecule has 0 aromatic heterocycles. The summed E-state index contributed by atoms with van der Waals surface area (Å²) in [4.78, 5) is 0. The molecule has 1 rings (SSSR count). The molecule has 86 valence electrons. The highest BCUT2D eigenvalue weighted by Crippen LogP contribution is 2.32. The van der Waals surface area contributed by atoms with Gasteiger partial charge in [-0.2, -0.15) is 13.2 Å². The van der Waals surface area contributed by atoms with Crippen LogP contribution >= 0.6 is 0 Å². The fourth-order valence-electron chi connectivity index (χ4n) is 1.07. The summed E-state index contributed by atoms with van der Waals surface area (Å²) >= 11 is 0. The minimum absolute atomic E-state index is 0.0780. The van der Waals surface area contributed by atoms with Crippen molar-refractivity contribution in [2.75, 3.05) is 6.61 Å². The average molecular weight is 232 g/mol. The molecule has 1 N–H and O–H groups in total. The van der Waals surface area contributed by atoms with Gasteiger partial charge in [-0.3, -0.25) is 0 Å². The van der Waals surface area contributed by atoms with Crippen molar-refractivity contribution in [3.63, 3.8) is 0 Å². The van der Waals surface area contributed by atoms with Gasteiger partial charge < -0.3 is 5.11 Å². The van der Waals surface area contributed by atoms with Gasteiger partial charge in [0.25, 0.3) is 0 Å². The van der Waals surface area contributed by atoms with Crippen molar-refractivity contribution in [3.8, 4) is 11.8 Å². The van der Waals surface area contributed by atoms with Crippen LogP contribution in [0.3, 0.4) is 0 Å². The fourth-order valence-corrected chi connectivity index (χ4v) is 1.07. The van der Waals surface area contributed by atoms with Crippen molar-refractivity contribution in [2.45, 2.75) is 12.6 Å². The van der Waals surface area contributed by atoms with Crippen molar-refractivity contribution in [1.29, 1.82) is 0 Å². The van der Waals surface area contributed by atoms with E-state index in [9.17, 15) is 17.6 Å². The molecule has 0 heterocycles. The zero-order valence-corrected chi connectivity index (χ0v) is 8.11. The molecule has 0 fully saturated rings. The molecule has 0 radical (unpaired) electrons. The van der Waals surface area contributed by atoms with Gasteiger partial charge in [-0.05, 0) is 18.2 Å². The number of rotatable bonds is 1. The summed E-state index contributed by atoms with van der Waals surface area (Å²) in [5.74, 6) is 3.65. The highest BCUT2D eigenvalue weighted by atomic mass is 19.4. The summed E-state index contributed by atoms with van der Waals surface area (Å²) in [5.41, 5.74) is -1.39. The fraction of sp³-hybridized carbons (Fsp3) is 0.273. The Morgan fingerprint density at radius 3 is 2.50 bits per heavy atom. The van der Waals surface area contributed by atoms with Crippen LogP contribution in [-0.4, -0.2) is 11.7 Å². The quantitative estimate of drug-likeness (QED) is 0.582. The molecule has 0 aliphatic carbocycles. The molecule has 0 aliphatic rings. The normalized spacial score (nSPS) is 10.8. The summed E-state index contributed by atoms with van der Waals surface area (Å²) in [5, 5.41) is 8.43. The van der Waals surface area contributed by atoms with Gasteiger partial charge in [0.05, 0.1) is 12.2 Å². The average Bonchev–Trinajstić information content (AvgIpc) is 2.19. The monoisotopic (exact) mass is 232 g/mol. The lowest BCUT2D eigenvalue weighted by Crippen LogP contribution is -2.08. The second kappa shape index (κ2) is 4.99. The number of aliphatic hydroxyl groups excluding tert-OH is 1. The second-order valence-electron chi connectivity index (χ2n) is 2.96. The third-order valence-corrected chi connectivity index (χ3v) is 1.75. The van der Waals surface area contributed by atoms with Gasteiger partial charge in [0.15, 0.2) is 0 Å². The van der Waals surface area contributed by atoms with Crippen LogP contribution in [0.5, 0.6) is 0 Å². The van der Waals surface area contributed by atoms with Crippen molar-refractivity contribution in [3.05, 3.63) is 35.1 Å². The lowest BCUT2D eigenvalue weighted by atomic mass is 10.1. The molecule has 5 heteroatoms. The van der Waals surface area contributed by atoms with E-state index in [2.05, 4.69) is 11.8 Å². The van der Waals surface area contributed by atoms with Gasteiger partial charge in [-0.25, -0.2) is 4.39 Å². The van der Waals surface area contributed by atoms with E-state index in [4.69, 9.17) is 5.11 Å². The first-order valence-electron chi connectivity index (χ1n) is 4.41. The summed E-state index contributed by atoms with van der Waals surface area (Å²) in [6.07, 6.45) is -4.56. The molecule has 0 bridgehead atoms. The molecular weight excluding hydrogens is 224 g/mol. The third-order valence-electron chi connectivity index (χ3n) is 1.75. The van der Waals surface area contributed by atoms with E-state index in [0.29, 0.717) is 6.07 Å². The smallest absolute Gasteiger partial charge is 0.395 e. The Morgan fingerprint density at radius 2 is 1.94 bits per heavy atom. The number of hydrogen-bond donors (Lipinski definition) is 1. The number of aliphatic hydroxyl groups is 1. The van der Waals surface area contributed by atoms with Crippen LogP contribution in [0.1, 0.15) is 17.5 Å². The van der Waals surface area contributed by atoms with Crippen LogP contribution in [0.2, 0.25) is 0 Å². The first kappa shape index (κ1) is 12.5. The Kier molecular flexibility index (Phi) is 3.91. The molecular formula is C11H8F4O. The first-order chi connectivity index (χ1) is 7.45. The zero-order valence-electron chi connectivity index (χ0n) is 8.11. The van der Waals surface area contributed by atoms with Crippen LogP contribution in [-0.2, 0) is 6.18 Å². The van der Waals surface area contributed by atoms with Crippen LogP contribution in [0.25, 0.3) is 0 Å². The Labute approximate surface area is 89.7 Å². The van der Waals surface area contributed by atoms with Crippen LogP contribution in [0.4, 0.5) is 17.6 Å². The van der Waals surface area contributed by atoms with Crippen LogP contribution < -0.4 is 0 Å². The Hall–Kier alpha value is -1.54. The van der Waals surface area contributed by atoms with E-state index >= 15 is 0 Å². The predicted octanol–water partition coefficient (Wildman–Crippen LogP) is 2.58. The van der Waals surface area contributed by atoms with E-state index in [-0.39, 0.29) is 18.6 Å². The van der Waals surface area contributed by atoms with Crippen LogP contribution in [0.15, 0.2) is 18.2 Å². The maximum absolute atomic E-state index is 12.7. The molecule has 0 atom stereocenters. The van der Waals surface area contributed by atoms with Gasteiger partial charge in [-0.15, -0.1) is 0 Å². The number of hydrogen-bond acceptors (Lipinski definition) is 1. The molecule has 0 saturated heterocycles. The lowest BCUT2D eigenvalue weighted by molar-refractivity contribution is -0.137. The minimum Gasteiger partial charge on any atom is -0.395 e. The largest absolute Gasteiger partial charge is 0.417 e. The second-order valence-corrected chi connectivity index (χ2v) is 2.96. The van der Waals surface area contributed by atoms with Gasteiger partial charge in [0, 0.05) is 12.0 Å². The standard InChI is InChI=1S/C11H8F4O/c12-9-5-4-8(3-1-2-6-16)10(7-9)11(13,14)15/h4-5,7,16H,2,6H2. The van der Waals surface area contributed by atoms with E-state index < -0.39 is 17.6 Å². The Bertz CT molecular complexity index is 426.